The van der Waals surface area contributed by atoms with Gasteiger partial charge >= 0.3 is 12.0 Å². The highest BCUT2D eigenvalue weighted by Gasteiger charge is 2.18. The fourth-order valence-electron chi connectivity index (χ4n) is 1.01. The first-order chi connectivity index (χ1) is 8.02. The van der Waals surface area contributed by atoms with Gasteiger partial charge in [-0.1, -0.05) is 0 Å². The molecule has 1 aromatic rings. The summed E-state index contributed by atoms with van der Waals surface area (Å²) in [4.78, 5) is 22.8. The quantitative estimate of drug-likeness (QED) is 0.643. The van der Waals surface area contributed by atoms with Gasteiger partial charge < -0.3 is 20.8 Å². The number of aliphatic hydroxyl groups excluding tert-OH is 1. The fourth-order valence-corrected chi connectivity index (χ4v) is 2.43. The van der Waals surface area contributed by atoms with E-state index in [1.807, 2.05) is 12.1 Å². The molecule has 0 spiro atoms. The number of carboxylic acids is 1. The maximum absolute atomic E-state index is 11.3. The number of carbonyl (C=O) groups is 2. The SMILES string of the molecule is O=C(NCc1ccc(Br)s1)N[C@H](CO)C(=O)O. The molecule has 1 rings (SSSR count). The second-order valence-electron chi connectivity index (χ2n) is 3.11. The van der Waals surface area contributed by atoms with E-state index in [1.165, 1.54) is 11.3 Å². The Kier molecular flexibility index (Phi) is 5.39. The van der Waals surface area contributed by atoms with E-state index in [-0.39, 0.29) is 0 Å². The Morgan fingerprint density at radius 1 is 1.47 bits per heavy atom. The monoisotopic (exact) mass is 322 g/mol. The van der Waals surface area contributed by atoms with Crippen molar-refractivity contribution in [1.29, 1.82) is 0 Å². The Hall–Kier alpha value is -1.12. The standard InChI is InChI=1S/C9H11BrN2O4S/c10-7-2-1-5(17-7)3-11-9(16)12-6(4-13)8(14)15/h1-2,6,13H,3-4H2,(H,14,15)(H2,11,12,16)/t6-/m1/s1. The van der Waals surface area contributed by atoms with Crippen LogP contribution >= 0.6 is 27.3 Å². The van der Waals surface area contributed by atoms with Crippen molar-refractivity contribution in [3.8, 4) is 0 Å². The van der Waals surface area contributed by atoms with Crippen LogP contribution in [-0.2, 0) is 11.3 Å². The van der Waals surface area contributed by atoms with Crippen molar-refractivity contribution in [2.45, 2.75) is 12.6 Å². The number of halogens is 1. The van der Waals surface area contributed by atoms with E-state index in [1.54, 1.807) is 0 Å². The van der Waals surface area contributed by atoms with Gasteiger partial charge in [0.05, 0.1) is 16.9 Å². The summed E-state index contributed by atoms with van der Waals surface area (Å²) in [5.74, 6) is -1.28. The predicted octanol–water partition coefficient (Wildman–Crippen LogP) is 0.755. The Balaban J connectivity index is 2.37. The molecule has 6 nitrogen and oxygen atoms in total. The Labute approximate surface area is 110 Å². The number of aliphatic hydroxyl groups is 1. The maximum Gasteiger partial charge on any atom is 0.328 e. The van der Waals surface area contributed by atoms with Crippen LogP contribution in [0.3, 0.4) is 0 Å². The van der Waals surface area contributed by atoms with Crippen LogP contribution < -0.4 is 10.6 Å². The van der Waals surface area contributed by atoms with Crippen molar-refractivity contribution < 1.29 is 19.8 Å². The van der Waals surface area contributed by atoms with Crippen molar-refractivity contribution in [2.24, 2.45) is 0 Å². The number of carbonyl (C=O) groups excluding carboxylic acids is 1. The topological polar surface area (TPSA) is 98.7 Å². The summed E-state index contributed by atoms with van der Waals surface area (Å²) in [5, 5.41) is 21.9. The minimum absolute atomic E-state index is 0.305. The summed E-state index contributed by atoms with van der Waals surface area (Å²) in [6.07, 6.45) is 0. The number of rotatable bonds is 5. The molecule has 1 heterocycles. The number of thiophene rings is 1. The molecule has 0 aromatic carbocycles. The largest absolute Gasteiger partial charge is 0.480 e. The summed E-state index contributed by atoms with van der Waals surface area (Å²) in [6, 6.07) is 1.78. The summed E-state index contributed by atoms with van der Waals surface area (Å²) in [5.41, 5.74) is 0. The van der Waals surface area contributed by atoms with Crippen molar-refractivity contribution in [1.82, 2.24) is 10.6 Å². The van der Waals surface area contributed by atoms with Crippen LogP contribution in [0.25, 0.3) is 0 Å². The zero-order valence-corrected chi connectivity index (χ0v) is 11.0. The van der Waals surface area contributed by atoms with Gasteiger partial charge in [0.15, 0.2) is 6.04 Å². The van der Waals surface area contributed by atoms with Gasteiger partial charge in [-0.05, 0) is 28.1 Å². The van der Waals surface area contributed by atoms with E-state index in [9.17, 15) is 9.59 Å². The number of aliphatic carboxylic acids is 1. The highest BCUT2D eigenvalue weighted by molar-refractivity contribution is 9.11. The van der Waals surface area contributed by atoms with Crippen LogP contribution in [0.2, 0.25) is 0 Å². The van der Waals surface area contributed by atoms with Gasteiger partial charge in [0.2, 0.25) is 0 Å². The molecule has 0 fully saturated rings. The molecule has 0 bridgehead atoms. The first kappa shape index (κ1) is 13.9. The lowest BCUT2D eigenvalue weighted by molar-refractivity contribution is -0.140. The van der Waals surface area contributed by atoms with E-state index in [0.29, 0.717) is 6.54 Å². The molecule has 17 heavy (non-hydrogen) atoms. The van der Waals surface area contributed by atoms with Crippen LogP contribution in [0.5, 0.6) is 0 Å². The number of carboxylic acid groups (broad SMARTS) is 1. The van der Waals surface area contributed by atoms with Gasteiger partial charge in [-0.2, -0.15) is 0 Å². The summed E-state index contributed by atoms with van der Waals surface area (Å²) in [7, 11) is 0. The fraction of sp³-hybridized carbons (Fsp3) is 0.333. The van der Waals surface area contributed by atoms with Gasteiger partial charge in [0.1, 0.15) is 0 Å². The van der Waals surface area contributed by atoms with Crippen molar-refractivity contribution in [3.05, 3.63) is 20.8 Å². The van der Waals surface area contributed by atoms with Gasteiger partial charge in [-0.3, -0.25) is 0 Å². The molecular formula is C9H11BrN2O4S. The molecule has 0 aliphatic heterocycles. The molecule has 0 saturated heterocycles. The normalized spacial score (nSPS) is 11.9. The summed E-state index contributed by atoms with van der Waals surface area (Å²) < 4.78 is 0.952. The highest BCUT2D eigenvalue weighted by Crippen LogP contribution is 2.21. The smallest absolute Gasteiger partial charge is 0.328 e. The molecule has 0 radical (unpaired) electrons. The molecule has 94 valence electrons. The number of hydrogen-bond donors (Lipinski definition) is 4. The van der Waals surface area contributed by atoms with Gasteiger partial charge in [-0.25, -0.2) is 9.59 Å². The van der Waals surface area contributed by atoms with Crippen LogP contribution in [0, 0.1) is 0 Å². The highest BCUT2D eigenvalue weighted by atomic mass is 79.9. The number of nitrogens with one attached hydrogen (secondary N) is 2. The third kappa shape index (κ3) is 4.72. The second kappa shape index (κ2) is 6.58. The molecule has 0 aliphatic carbocycles. The van der Waals surface area contributed by atoms with Crippen LogP contribution in [-0.4, -0.2) is 34.9 Å². The minimum atomic E-state index is -1.29. The van der Waals surface area contributed by atoms with E-state index >= 15 is 0 Å². The number of amides is 2. The van der Waals surface area contributed by atoms with Crippen molar-refractivity contribution in [2.75, 3.05) is 6.61 Å². The lowest BCUT2D eigenvalue weighted by Gasteiger charge is -2.11. The van der Waals surface area contributed by atoms with E-state index in [2.05, 4.69) is 26.6 Å². The summed E-state index contributed by atoms with van der Waals surface area (Å²) in [6.45, 7) is -0.340. The average molecular weight is 323 g/mol. The Morgan fingerprint density at radius 3 is 2.65 bits per heavy atom. The summed E-state index contributed by atoms with van der Waals surface area (Å²) >= 11 is 4.76. The first-order valence-electron chi connectivity index (χ1n) is 4.65. The molecule has 0 unspecified atom stereocenters. The first-order valence-corrected chi connectivity index (χ1v) is 6.26. The Morgan fingerprint density at radius 2 is 2.18 bits per heavy atom. The molecule has 0 saturated carbocycles. The lowest BCUT2D eigenvalue weighted by Crippen LogP contribution is -2.47. The molecule has 1 aromatic heterocycles. The molecule has 8 heteroatoms. The van der Waals surface area contributed by atoms with Crippen molar-refractivity contribution in [3.63, 3.8) is 0 Å². The van der Waals surface area contributed by atoms with Gasteiger partial charge in [-0.15, -0.1) is 11.3 Å². The van der Waals surface area contributed by atoms with Crippen LogP contribution in [0.1, 0.15) is 4.88 Å². The van der Waals surface area contributed by atoms with Crippen LogP contribution in [0.4, 0.5) is 4.79 Å². The zero-order chi connectivity index (χ0) is 12.8. The van der Waals surface area contributed by atoms with E-state index in [4.69, 9.17) is 10.2 Å². The average Bonchev–Trinajstić information content (AvgIpc) is 2.68. The van der Waals surface area contributed by atoms with E-state index < -0.39 is 24.6 Å². The minimum Gasteiger partial charge on any atom is -0.480 e. The van der Waals surface area contributed by atoms with Gasteiger partial charge in [0, 0.05) is 4.88 Å². The molecule has 0 aliphatic rings. The Bertz CT molecular complexity index is 409. The molecular weight excluding hydrogens is 312 g/mol. The number of hydrogen-bond acceptors (Lipinski definition) is 4. The third-order valence-electron chi connectivity index (χ3n) is 1.84. The van der Waals surface area contributed by atoms with E-state index in [0.717, 1.165) is 8.66 Å². The molecule has 2 amide bonds. The lowest BCUT2D eigenvalue weighted by atomic mass is 10.3. The van der Waals surface area contributed by atoms with Crippen LogP contribution in [0.15, 0.2) is 15.9 Å². The molecule has 4 N–H and O–H groups in total. The predicted molar refractivity (Wildman–Crippen MR) is 65.9 cm³/mol. The molecule has 1 atom stereocenters. The second-order valence-corrected chi connectivity index (χ2v) is 5.65. The maximum atomic E-state index is 11.3. The number of urea groups is 1. The van der Waals surface area contributed by atoms with Gasteiger partial charge in [0.25, 0.3) is 0 Å². The zero-order valence-electron chi connectivity index (χ0n) is 8.64. The van der Waals surface area contributed by atoms with Crippen molar-refractivity contribution >= 4 is 39.3 Å². The third-order valence-corrected chi connectivity index (χ3v) is 3.46.